The Morgan fingerprint density at radius 3 is 2.00 bits per heavy atom. The van der Waals surface area contributed by atoms with E-state index in [1.165, 1.54) is 23.5 Å². The third-order valence-corrected chi connectivity index (χ3v) is 14.2. The van der Waals surface area contributed by atoms with Crippen molar-refractivity contribution in [2.45, 2.75) is 43.4 Å². The maximum absolute atomic E-state index is 13.5. The summed E-state index contributed by atoms with van der Waals surface area (Å²) in [7, 11) is -0.925. The lowest BCUT2D eigenvalue weighted by Gasteiger charge is -2.43. The monoisotopic (exact) mass is 552 g/mol. The van der Waals surface area contributed by atoms with Crippen molar-refractivity contribution in [1.82, 2.24) is 0 Å². The highest BCUT2D eigenvalue weighted by molar-refractivity contribution is 7.86. The summed E-state index contributed by atoms with van der Waals surface area (Å²) in [5.74, 6) is -0.0380. The van der Waals surface area contributed by atoms with E-state index in [-0.39, 0.29) is 27.5 Å². The van der Waals surface area contributed by atoms with Crippen LogP contribution in [-0.4, -0.2) is 55.4 Å². The Labute approximate surface area is 228 Å². The van der Waals surface area contributed by atoms with Gasteiger partial charge in [0, 0.05) is 34.6 Å². The van der Waals surface area contributed by atoms with Crippen LogP contribution in [0, 0.1) is 0 Å². The molecule has 3 atom stereocenters. The number of carboxylic acids is 1. The molecule has 6 nitrogen and oxygen atoms in total. The second-order valence-corrected chi connectivity index (χ2v) is 16.7. The lowest BCUT2D eigenvalue weighted by Crippen LogP contribution is -2.67. The number of carboxylic acid groups (broad SMARTS) is 1. The van der Waals surface area contributed by atoms with Crippen molar-refractivity contribution in [1.29, 1.82) is 0 Å². The van der Waals surface area contributed by atoms with E-state index in [0.717, 1.165) is 0 Å². The third-order valence-electron chi connectivity index (χ3n) is 7.41. The molecular weight excluding hydrogens is 516 g/mol. The minimum Gasteiger partial charge on any atom is -0.496 e. The molecule has 1 fully saturated rings. The van der Waals surface area contributed by atoms with Gasteiger partial charge in [0.2, 0.25) is 0 Å². The average Bonchev–Trinajstić information content (AvgIpc) is 3.28. The summed E-state index contributed by atoms with van der Waals surface area (Å²) in [6.45, 7) is 7.02. The SMILES string of the molecule is COc1ccc(C(=O)O)c(OC)c1[C@H]1C[C@@H](CO[Si](c2ccccc2)(c2ccccc2)C(C)(C)C)[S@](=O)C1. The first kappa shape index (κ1) is 28.1. The zero-order valence-corrected chi connectivity index (χ0v) is 24.4. The standard InChI is InChI=1S/C30H36O6SSi/c1-30(2,3)38(23-12-8-6-9-13-23,24-14-10-7-11-15-24)36-19-22-18-21(20-37(22)33)27-26(34-4)17-16-25(29(31)32)28(27)35-5/h6-17,21-22H,18-20H2,1-5H3,(H,31,32)/t21-,22-,37+/m0/s1. The molecule has 1 saturated heterocycles. The van der Waals surface area contributed by atoms with Crippen LogP contribution in [0.4, 0.5) is 0 Å². The summed E-state index contributed by atoms with van der Waals surface area (Å²) in [5.41, 5.74) is 0.734. The molecule has 0 unspecified atom stereocenters. The Morgan fingerprint density at radius 2 is 1.53 bits per heavy atom. The van der Waals surface area contributed by atoms with Crippen molar-refractivity contribution in [2.75, 3.05) is 26.6 Å². The van der Waals surface area contributed by atoms with E-state index in [2.05, 4.69) is 45.0 Å². The largest absolute Gasteiger partial charge is 0.496 e. The Morgan fingerprint density at radius 1 is 0.947 bits per heavy atom. The number of hydrogen-bond acceptors (Lipinski definition) is 5. The van der Waals surface area contributed by atoms with Crippen molar-refractivity contribution in [2.24, 2.45) is 0 Å². The number of carbonyl (C=O) groups is 1. The molecule has 1 N–H and O–H groups in total. The van der Waals surface area contributed by atoms with Gasteiger partial charge < -0.3 is 19.0 Å². The van der Waals surface area contributed by atoms with Gasteiger partial charge in [0.1, 0.15) is 17.1 Å². The molecule has 0 aromatic heterocycles. The second-order valence-electron chi connectivity index (χ2n) is 10.6. The molecule has 38 heavy (non-hydrogen) atoms. The highest BCUT2D eigenvalue weighted by Crippen LogP contribution is 2.44. The van der Waals surface area contributed by atoms with Crippen LogP contribution in [0.25, 0.3) is 0 Å². The molecule has 3 aromatic carbocycles. The summed E-state index contributed by atoms with van der Waals surface area (Å²) >= 11 is 0. The lowest BCUT2D eigenvalue weighted by molar-refractivity contribution is 0.0693. The van der Waals surface area contributed by atoms with Gasteiger partial charge >= 0.3 is 5.97 Å². The molecule has 1 aliphatic heterocycles. The topological polar surface area (TPSA) is 82.1 Å². The van der Waals surface area contributed by atoms with Gasteiger partial charge in [0.05, 0.1) is 19.5 Å². The lowest BCUT2D eigenvalue weighted by atomic mass is 9.92. The number of aromatic carboxylic acids is 1. The van der Waals surface area contributed by atoms with E-state index in [1.54, 1.807) is 13.2 Å². The van der Waals surface area contributed by atoms with Crippen molar-refractivity contribution < 1.29 is 28.0 Å². The van der Waals surface area contributed by atoms with Crippen molar-refractivity contribution in [3.63, 3.8) is 0 Å². The fraction of sp³-hybridized carbons (Fsp3) is 0.367. The molecule has 0 aliphatic carbocycles. The molecule has 0 saturated carbocycles. The number of ether oxygens (including phenoxy) is 2. The predicted octanol–water partition coefficient (Wildman–Crippen LogP) is 4.58. The first-order valence-electron chi connectivity index (χ1n) is 12.7. The summed E-state index contributed by atoms with van der Waals surface area (Å²) < 4.78 is 31.7. The third kappa shape index (κ3) is 5.17. The van der Waals surface area contributed by atoms with Crippen LogP contribution < -0.4 is 19.8 Å². The van der Waals surface area contributed by atoms with E-state index in [1.807, 2.05) is 36.4 Å². The molecule has 3 aromatic rings. The van der Waals surface area contributed by atoms with Gasteiger partial charge in [-0.1, -0.05) is 81.4 Å². The molecular formula is C30H36O6SSi. The molecule has 202 valence electrons. The number of benzene rings is 3. The molecule has 0 radical (unpaired) electrons. The van der Waals surface area contributed by atoms with Crippen molar-refractivity contribution >= 4 is 35.5 Å². The van der Waals surface area contributed by atoms with E-state index >= 15 is 0 Å². The van der Waals surface area contributed by atoms with Crippen LogP contribution in [-0.2, 0) is 15.2 Å². The highest BCUT2D eigenvalue weighted by atomic mass is 32.2. The maximum Gasteiger partial charge on any atom is 0.339 e. The molecule has 0 amide bonds. The van der Waals surface area contributed by atoms with Crippen LogP contribution in [0.5, 0.6) is 11.5 Å². The van der Waals surface area contributed by atoms with Gasteiger partial charge in [0.25, 0.3) is 8.32 Å². The highest BCUT2D eigenvalue weighted by Gasteiger charge is 2.51. The van der Waals surface area contributed by atoms with Gasteiger partial charge in [-0.2, -0.15) is 0 Å². The van der Waals surface area contributed by atoms with E-state index in [9.17, 15) is 14.1 Å². The minimum absolute atomic E-state index is 0.0705. The van der Waals surface area contributed by atoms with Gasteiger partial charge in [-0.3, -0.25) is 4.21 Å². The Kier molecular flexibility index (Phi) is 8.45. The van der Waals surface area contributed by atoms with E-state index in [4.69, 9.17) is 13.9 Å². The molecule has 8 heteroatoms. The number of rotatable bonds is 9. The molecule has 4 rings (SSSR count). The minimum atomic E-state index is -2.77. The summed E-state index contributed by atoms with van der Waals surface area (Å²) in [5, 5.41) is 11.7. The van der Waals surface area contributed by atoms with Gasteiger partial charge in [-0.15, -0.1) is 0 Å². The van der Waals surface area contributed by atoms with Crippen LogP contribution >= 0.6 is 0 Å². The van der Waals surface area contributed by atoms with Crippen molar-refractivity contribution in [3.8, 4) is 11.5 Å². The van der Waals surface area contributed by atoms with Crippen LogP contribution in [0.1, 0.15) is 49.0 Å². The normalized spacial score (nSPS) is 19.8. The Balaban J connectivity index is 1.69. The Bertz CT molecular complexity index is 1250. The van der Waals surface area contributed by atoms with Crippen LogP contribution in [0.2, 0.25) is 5.04 Å². The molecule has 0 spiro atoms. The molecule has 0 bridgehead atoms. The van der Waals surface area contributed by atoms with Crippen molar-refractivity contribution in [3.05, 3.63) is 83.9 Å². The molecule has 1 aliphatic rings. The quantitative estimate of drug-likeness (QED) is 0.391. The molecule has 1 heterocycles. The number of hydrogen-bond donors (Lipinski definition) is 1. The smallest absolute Gasteiger partial charge is 0.339 e. The fourth-order valence-electron chi connectivity index (χ4n) is 5.69. The first-order valence-corrected chi connectivity index (χ1v) is 16.0. The predicted molar refractivity (Wildman–Crippen MR) is 154 cm³/mol. The van der Waals surface area contributed by atoms with Crippen LogP contribution in [0.15, 0.2) is 72.8 Å². The summed E-state index contributed by atoms with van der Waals surface area (Å²) in [6.07, 6.45) is 0.584. The van der Waals surface area contributed by atoms with E-state index < -0.39 is 25.1 Å². The Hall–Kier alpha value is -2.94. The zero-order chi connectivity index (χ0) is 27.5. The van der Waals surface area contributed by atoms with E-state index in [0.29, 0.717) is 30.1 Å². The van der Waals surface area contributed by atoms with Gasteiger partial charge in [0.15, 0.2) is 0 Å². The summed E-state index contributed by atoms with van der Waals surface area (Å²) in [4.78, 5) is 11.9. The average molecular weight is 553 g/mol. The van der Waals surface area contributed by atoms with Gasteiger partial charge in [-0.25, -0.2) is 4.79 Å². The second kappa shape index (κ2) is 11.4. The maximum atomic E-state index is 13.5. The van der Waals surface area contributed by atoms with Crippen LogP contribution in [0.3, 0.4) is 0 Å². The summed E-state index contributed by atoms with van der Waals surface area (Å²) in [6, 6.07) is 23.9. The van der Waals surface area contributed by atoms with Gasteiger partial charge in [-0.05, 0) is 34.0 Å². The zero-order valence-electron chi connectivity index (χ0n) is 22.6. The number of methoxy groups -OCH3 is 2. The first-order chi connectivity index (χ1) is 18.1. The fourth-order valence-corrected chi connectivity index (χ4v) is 12.1.